The lowest BCUT2D eigenvalue weighted by Crippen LogP contribution is -2.21. The summed E-state index contributed by atoms with van der Waals surface area (Å²) in [7, 11) is 0. The van der Waals surface area contributed by atoms with Crippen molar-refractivity contribution in [1.82, 2.24) is 14.5 Å². The first-order valence-electron chi connectivity index (χ1n) is 7.14. The first kappa shape index (κ1) is 13.1. The highest BCUT2D eigenvalue weighted by Gasteiger charge is 2.11. The molecule has 0 radical (unpaired) electrons. The van der Waals surface area contributed by atoms with Gasteiger partial charge in [0.25, 0.3) is 0 Å². The van der Waals surface area contributed by atoms with E-state index in [4.69, 9.17) is 5.11 Å². The normalized spacial score (nSPS) is 16.0. The SMILES string of the molecule is O=C(O)c1ccc2ncn(CCCN3CCCC3)c2c1. The van der Waals surface area contributed by atoms with Gasteiger partial charge in [0.2, 0.25) is 0 Å². The number of fused-ring (bicyclic) bond motifs is 1. The molecule has 0 aliphatic carbocycles. The molecule has 5 nitrogen and oxygen atoms in total. The van der Waals surface area contributed by atoms with Crippen LogP contribution in [0.5, 0.6) is 0 Å². The number of hydrogen-bond donors (Lipinski definition) is 1. The van der Waals surface area contributed by atoms with Crippen molar-refractivity contribution in [3.8, 4) is 0 Å². The lowest BCUT2D eigenvalue weighted by molar-refractivity contribution is 0.0697. The van der Waals surface area contributed by atoms with E-state index in [0.717, 1.165) is 30.5 Å². The fourth-order valence-corrected chi connectivity index (χ4v) is 2.84. The number of aromatic carboxylic acids is 1. The second-order valence-corrected chi connectivity index (χ2v) is 5.35. The highest BCUT2D eigenvalue weighted by molar-refractivity contribution is 5.92. The van der Waals surface area contributed by atoms with E-state index in [1.165, 1.54) is 25.9 Å². The van der Waals surface area contributed by atoms with Gasteiger partial charge in [0.15, 0.2) is 0 Å². The Balaban J connectivity index is 1.70. The minimum atomic E-state index is -0.892. The van der Waals surface area contributed by atoms with Gasteiger partial charge < -0.3 is 14.6 Å². The number of carboxylic acids is 1. The van der Waals surface area contributed by atoms with Crippen molar-refractivity contribution in [3.05, 3.63) is 30.1 Å². The molecule has 5 heteroatoms. The zero-order valence-corrected chi connectivity index (χ0v) is 11.5. The Morgan fingerprint density at radius 2 is 2.05 bits per heavy atom. The van der Waals surface area contributed by atoms with Crippen LogP contribution in [0.15, 0.2) is 24.5 Å². The fourth-order valence-electron chi connectivity index (χ4n) is 2.84. The largest absolute Gasteiger partial charge is 0.478 e. The molecule has 1 saturated heterocycles. The van der Waals surface area contributed by atoms with E-state index in [1.807, 2.05) is 0 Å². The second-order valence-electron chi connectivity index (χ2n) is 5.35. The molecule has 2 heterocycles. The molecule has 0 amide bonds. The lowest BCUT2D eigenvalue weighted by atomic mass is 10.2. The summed E-state index contributed by atoms with van der Waals surface area (Å²) >= 11 is 0. The van der Waals surface area contributed by atoms with E-state index >= 15 is 0 Å². The molecule has 1 aliphatic rings. The predicted molar refractivity (Wildman–Crippen MR) is 77.0 cm³/mol. The highest BCUT2D eigenvalue weighted by atomic mass is 16.4. The molecule has 0 atom stereocenters. The zero-order valence-electron chi connectivity index (χ0n) is 11.5. The number of rotatable bonds is 5. The van der Waals surface area contributed by atoms with Gasteiger partial charge >= 0.3 is 5.97 Å². The van der Waals surface area contributed by atoms with Gasteiger partial charge in [0.05, 0.1) is 22.9 Å². The van der Waals surface area contributed by atoms with Crippen LogP contribution in [0.1, 0.15) is 29.6 Å². The molecule has 1 aromatic carbocycles. The second kappa shape index (κ2) is 5.63. The van der Waals surface area contributed by atoms with Crippen LogP contribution < -0.4 is 0 Å². The Kier molecular flexibility index (Phi) is 3.69. The summed E-state index contributed by atoms with van der Waals surface area (Å²) < 4.78 is 2.05. The summed E-state index contributed by atoms with van der Waals surface area (Å²) in [4.78, 5) is 17.8. The van der Waals surface area contributed by atoms with E-state index in [1.54, 1.807) is 24.5 Å². The third-order valence-corrected chi connectivity index (χ3v) is 3.94. The van der Waals surface area contributed by atoms with E-state index in [9.17, 15) is 4.79 Å². The molecule has 106 valence electrons. The molecular weight excluding hydrogens is 254 g/mol. The van der Waals surface area contributed by atoms with Crippen LogP contribution in [-0.2, 0) is 6.54 Å². The van der Waals surface area contributed by atoms with E-state index in [-0.39, 0.29) is 0 Å². The third kappa shape index (κ3) is 2.67. The Morgan fingerprint density at radius 3 is 2.80 bits per heavy atom. The van der Waals surface area contributed by atoms with Gasteiger partial charge in [0, 0.05) is 6.54 Å². The molecule has 20 heavy (non-hydrogen) atoms. The number of carboxylic acid groups (broad SMARTS) is 1. The average Bonchev–Trinajstić information content (AvgIpc) is 3.08. The standard InChI is InChI=1S/C15H19N3O2/c19-15(20)12-4-5-13-14(10-12)18(11-16-13)9-3-8-17-6-1-2-7-17/h4-5,10-11H,1-3,6-9H2,(H,19,20). The zero-order chi connectivity index (χ0) is 13.9. The first-order valence-corrected chi connectivity index (χ1v) is 7.14. The average molecular weight is 273 g/mol. The van der Waals surface area contributed by atoms with Crippen LogP contribution in [0.25, 0.3) is 11.0 Å². The van der Waals surface area contributed by atoms with E-state index in [2.05, 4.69) is 14.5 Å². The molecule has 2 aromatic rings. The van der Waals surface area contributed by atoms with Gasteiger partial charge in [-0.05, 0) is 57.1 Å². The van der Waals surface area contributed by atoms with Crippen LogP contribution in [0.3, 0.4) is 0 Å². The number of hydrogen-bond acceptors (Lipinski definition) is 3. The number of aromatic nitrogens is 2. The highest BCUT2D eigenvalue weighted by Crippen LogP contribution is 2.16. The molecule has 1 fully saturated rings. The van der Waals surface area contributed by atoms with Crippen LogP contribution >= 0.6 is 0 Å². The van der Waals surface area contributed by atoms with Crippen LogP contribution in [0.4, 0.5) is 0 Å². The number of likely N-dealkylation sites (tertiary alicyclic amines) is 1. The Labute approximate surface area is 117 Å². The Hall–Kier alpha value is -1.88. The Bertz CT molecular complexity index is 615. The molecule has 1 aliphatic heterocycles. The van der Waals surface area contributed by atoms with E-state index in [0.29, 0.717) is 5.56 Å². The molecule has 0 saturated carbocycles. The van der Waals surface area contributed by atoms with Gasteiger partial charge in [-0.25, -0.2) is 9.78 Å². The number of aryl methyl sites for hydroxylation is 1. The molecule has 1 N–H and O–H groups in total. The topological polar surface area (TPSA) is 58.4 Å². The minimum Gasteiger partial charge on any atom is -0.478 e. The van der Waals surface area contributed by atoms with Crippen molar-refractivity contribution in [3.63, 3.8) is 0 Å². The minimum absolute atomic E-state index is 0.318. The van der Waals surface area contributed by atoms with Crippen molar-refractivity contribution < 1.29 is 9.90 Å². The number of carbonyl (C=O) groups is 1. The smallest absolute Gasteiger partial charge is 0.335 e. The van der Waals surface area contributed by atoms with Crippen LogP contribution in [0.2, 0.25) is 0 Å². The maximum Gasteiger partial charge on any atom is 0.335 e. The molecular formula is C15H19N3O2. The van der Waals surface area contributed by atoms with Crippen molar-refractivity contribution >= 4 is 17.0 Å². The van der Waals surface area contributed by atoms with Crippen molar-refractivity contribution in [1.29, 1.82) is 0 Å². The molecule has 3 rings (SSSR count). The summed E-state index contributed by atoms with van der Waals surface area (Å²) in [6, 6.07) is 5.09. The number of benzene rings is 1. The van der Waals surface area contributed by atoms with Crippen molar-refractivity contribution in [2.75, 3.05) is 19.6 Å². The van der Waals surface area contributed by atoms with E-state index < -0.39 is 5.97 Å². The number of imidazole rings is 1. The summed E-state index contributed by atoms with van der Waals surface area (Å²) in [6.07, 6.45) is 5.51. The summed E-state index contributed by atoms with van der Waals surface area (Å²) in [5, 5.41) is 9.06. The monoisotopic (exact) mass is 273 g/mol. The summed E-state index contributed by atoms with van der Waals surface area (Å²) in [6.45, 7) is 4.43. The lowest BCUT2D eigenvalue weighted by Gasteiger charge is -2.14. The summed E-state index contributed by atoms with van der Waals surface area (Å²) in [5.41, 5.74) is 2.08. The molecule has 0 bridgehead atoms. The fraction of sp³-hybridized carbons (Fsp3) is 0.467. The van der Waals surface area contributed by atoms with Crippen molar-refractivity contribution in [2.45, 2.75) is 25.8 Å². The molecule has 0 unspecified atom stereocenters. The maximum atomic E-state index is 11.0. The van der Waals surface area contributed by atoms with Gasteiger partial charge in [-0.3, -0.25) is 0 Å². The van der Waals surface area contributed by atoms with Crippen molar-refractivity contribution in [2.24, 2.45) is 0 Å². The van der Waals surface area contributed by atoms with Gasteiger partial charge in [-0.2, -0.15) is 0 Å². The quantitative estimate of drug-likeness (QED) is 0.907. The Morgan fingerprint density at radius 1 is 1.25 bits per heavy atom. The predicted octanol–water partition coefficient (Wildman–Crippen LogP) is 2.22. The van der Waals surface area contributed by atoms with Gasteiger partial charge in [-0.15, -0.1) is 0 Å². The van der Waals surface area contributed by atoms with Crippen LogP contribution in [-0.4, -0.2) is 45.2 Å². The first-order chi connectivity index (χ1) is 9.74. The molecule has 1 aromatic heterocycles. The number of nitrogens with zero attached hydrogens (tertiary/aromatic N) is 3. The van der Waals surface area contributed by atoms with Gasteiger partial charge in [0.1, 0.15) is 0 Å². The third-order valence-electron chi connectivity index (χ3n) is 3.94. The maximum absolute atomic E-state index is 11.0. The van der Waals surface area contributed by atoms with Crippen LogP contribution in [0, 0.1) is 0 Å². The van der Waals surface area contributed by atoms with Gasteiger partial charge in [-0.1, -0.05) is 0 Å². The molecule has 0 spiro atoms. The summed E-state index contributed by atoms with van der Waals surface area (Å²) in [5.74, 6) is -0.892.